The van der Waals surface area contributed by atoms with Crippen molar-refractivity contribution in [1.82, 2.24) is 14.9 Å². The van der Waals surface area contributed by atoms with Crippen molar-refractivity contribution in [1.29, 1.82) is 5.26 Å². The van der Waals surface area contributed by atoms with Crippen LogP contribution < -0.4 is 4.90 Å². The predicted molar refractivity (Wildman–Crippen MR) is 70.4 cm³/mol. The lowest BCUT2D eigenvalue weighted by atomic mass is 10.0. The molecule has 1 fully saturated rings. The van der Waals surface area contributed by atoms with Gasteiger partial charge in [-0.1, -0.05) is 0 Å². The summed E-state index contributed by atoms with van der Waals surface area (Å²) in [5.74, 6) is 1.09. The van der Waals surface area contributed by atoms with E-state index in [2.05, 4.69) is 14.9 Å². The average Bonchev–Trinajstić information content (AvgIpc) is 2.46. The lowest BCUT2D eigenvalue weighted by Crippen LogP contribution is -2.45. The average molecular weight is 259 g/mol. The summed E-state index contributed by atoms with van der Waals surface area (Å²) >= 11 is 0. The molecule has 0 atom stereocenters. The molecule has 2 rings (SSSR count). The number of hydrogen-bond acceptors (Lipinski definition) is 5. The summed E-state index contributed by atoms with van der Waals surface area (Å²) in [5, 5.41) is 8.80. The van der Waals surface area contributed by atoms with Gasteiger partial charge in [-0.05, 0) is 18.9 Å². The van der Waals surface area contributed by atoms with Crippen molar-refractivity contribution in [3.63, 3.8) is 0 Å². The Balaban J connectivity index is 2.00. The standard InChI is InChI=1S/C13H17N5O/c1-10(19)17(2)11-4-7-18(8-5-11)13-3-6-15-12(9-14)16-13/h3,6,11H,4-5,7-8H2,1-2H3. The van der Waals surface area contributed by atoms with E-state index in [1.807, 2.05) is 19.2 Å². The molecule has 6 heteroatoms. The van der Waals surface area contributed by atoms with Crippen LogP contribution in [0.2, 0.25) is 0 Å². The normalized spacial score (nSPS) is 15.9. The maximum absolute atomic E-state index is 11.3. The number of carbonyl (C=O) groups excluding carboxylic acids is 1. The Kier molecular flexibility index (Phi) is 3.95. The summed E-state index contributed by atoms with van der Waals surface area (Å²) in [6, 6.07) is 4.06. The molecule has 1 aromatic heterocycles. The molecule has 1 saturated heterocycles. The first-order valence-corrected chi connectivity index (χ1v) is 6.33. The molecule has 1 amide bonds. The molecule has 0 bridgehead atoms. The maximum Gasteiger partial charge on any atom is 0.234 e. The van der Waals surface area contributed by atoms with Crippen molar-refractivity contribution >= 4 is 11.7 Å². The largest absolute Gasteiger partial charge is 0.356 e. The van der Waals surface area contributed by atoms with E-state index in [0.717, 1.165) is 31.7 Å². The van der Waals surface area contributed by atoms with Crippen LogP contribution in [0.15, 0.2) is 12.3 Å². The predicted octanol–water partition coefficient (Wildman–Crippen LogP) is 0.795. The molecule has 6 nitrogen and oxygen atoms in total. The van der Waals surface area contributed by atoms with Gasteiger partial charge in [0.2, 0.25) is 11.7 Å². The lowest BCUT2D eigenvalue weighted by Gasteiger charge is -2.36. The van der Waals surface area contributed by atoms with Crippen molar-refractivity contribution in [2.75, 3.05) is 25.0 Å². The number of amides is 1. The fourth-order valence-corrected chi connectivity index (χ4v) is 2.32. The van der Waals surface area contributed by atoms with E-state index in [-0.39, 0.29) is 11.7 Å². The number of carbonyl (C=O) groups is 1. The third kappa shape index (κ3) is 2.99. The smallest absolute Gasteiger partial charge is 0.234 e. The first-order valence-electron chi connectivity index (χ1n) is 6.33. The fraction of sp³-hybridized carbons (Fsp3) is 0.538. The summed E-state index contributed by atoms with van der Waals surface area (Å²) < 4.78 is 0. The van der Waals surface area contributed by atoms with Gasteiger partial charge in [0.25, 0.3) is 0 Å². The molecule has 0 spiro atoms. The zero-order chi connectivity index (χ0) is 13.8. The molecule has 19 heavy (non-hydrogen) atoms. The second-order valence-corrected chi connectivity index (χ2v) is 4.70. The Hall–Kier alpha value is -2.16. The van der Waals surface area contributed by atoms with Gasteiger partial charge < -0.3 is 9.80 Å². The highest BCUT2D eigenvalue weighted by molar-refractivity contribution is 5.73. The summed E-state index contributed by atoms with van der Waals surface area (Å²) in [5.41, 5.74) is 0. The fourth-order valence-electron chi connectivity index (χ4n) is 2.32. The van der Waals surface area contributed by atoms with E-state index in [1.165, 1.54) is 0 Å². The van der Waals surface area contributed by atoms with Crippen LogP contribution in [0.4, 0.5) is 5.82 Å². The van der Waals surface area contributed by atoms with Crippen LogP contribution in [0.3, 0.4) is 0 Å². The summed E-state index contributed by atoms with van der Waals surface area (Å²) in [6.45, 7) is 3.27. The molecule has 2 heterocycles. The lowest BCUT2D eigenvalue weighted by molar-refractivity contribution is -0.129. The first-order chi connectivity index (χ1) is 9.11. The molecule has 100 valence electrons. The minimum atomic E-state index is 0.104. The van der Waals surface area contributed by atoms with Gasteiger partial charge in [0, 0.05) is 39.3 Å². The Morgan fingerprint density at radius 1 is 1.53 bits per heavy atom. The molecule has 1 aliphatic rings. The van der Waals surface area contributed by atoms with Gasteiger partial charge in [-0.15, -0.1) is 0 Å². The Bertz CT molecular complexity index is 502. The van der Waals surface area contributed by atoms with Crippen LogP contribution >= 0.6 is 0 Å². The van der Waals surface area contributed by atoms with Gasteiger partial charge in [0.1, 0.15) is 11.9 Å². The van der Waals surface area contributed by atoms with Crippen LogP contribution in [0.5, 0.6) is 0 Å². The minimum absolute atomic E-state index is 0.104. The number of anilines is 1. The summed E-state index contributed by atoms with van der Waals surface area (Å²) in [7, 11) is 1.85. The van der Waals surface area contributed by atoms with E-state index in [1.54, 1.807) is 18.0 Å². The molecule has 0 aromatic carbocycles. The summed E-state index contributed by atoms with van der Waals surface area (Å²) in [4.78, 5) is 23.3. The van der Waals surface area contributed by atoms with Gasteiger partial charge in [0.05, 0.1) is 0 Å². The van der Waals surface area contributed by atoms with E-state index in [9.17, 15) is 4.79 Å². The number of aromatic nitrogens is 2. The van der Waals surface area contributed by atoms with E-state index in [0.29, 0.717) is 6.04 Å². The van der Waals surface area contributed by atoms with Crippen molar-refractivity contribution in [3.05, 3.63) is 18.1 Å². The second kappa shape index (κ2) is 5.65. The molecule has 0 unspecified atom stereocenters. The van der Waals surface area contributed by atoms with E-state index in [4.69, 9.17) is 5.26 Å². The highest BCUT2D eigenvalue weighted by atomic mass is 16.2. The third-order valence-electron chi connectivity index (χ3n) is 3.57. The Labute approximate surface area is 112 Å². The van der Waals surface area contributed by atoms with Gasteiger partial charge in [-0.3, -0.25) is 4.79 Å². The zero-order valence-electron chi connectivity index (χ0n) is 11.2. The molecule has 1 aromatic rings. The van der Waals surface area contributed by atoms with Crippen molar-refractivity contribution in [3.8, 4) is 6.07 Å². The monoisotopic (exact) mass is 259 g/mol. The van der Waals surface area contributed by atoms with Gasteiger partial charge >= 0.3 is 0 Å². The third-order valence-corrected chi connectivity index (χ3v) is 3.57. The zero-order valence-corrected chi connectivity index (χ0v) is 11.2. The van der Waals surface area contributed by atoms with Gasteiger partial charge in [0.15, 0.2) is 0 Å². The van der Waals surface area contributed by atoms with Gasteiger partial charge in [-0.2, -0.15) is 5.26 Å². The molecular formula is C13H17N5O. The molecular weight excluding hydrogens is 242 g/mol. The second-order valence-electron chi connectivity index (χ2n) is 4.70. The quantitative estimate of drug-likeness (QED) is 0.785. The van der Waals surface area contributed by atoms with Crippen molar-refractivity contribution < 1.29 is 4.79 Å². The molecule has 0 radical (unpaired) electrons. The van der Waals surface area contributed by atoms with Crippen molar-refractivity contribution in [2.45, 2.75) is 25.8 Å². The Morgan fingerprint density at radius 3 is 2.79 bits per heavy atom. The number of nitrogens with zero attached hydrogens (tertiary/aromatic N) is 5. The van der Waals surface area contributed by atoms with E-state index < -0.39 is 0 Å². The SMILES string of the molecule is CC(=O)N(C)C1CCN(c2ccnc(C#N)n2)CC1. The van der Waals surface area contributed by atoms with Crippen molar-refractivity contribution in [2.24, 2.45) is 0 Å². The highest BCUT2D eigenvalue weighted by Crippen LogP contribution is 2.20. The van der Waals surface area contributed by atoms with Crippen LogP contribution in [0.1, 0.15) is 25.6 Å². The first kappa shape index (κ1) is 13.3. The van der Waals surface area contributed by atoms with Crippen LogP contribution in [0, 0.1) is 11.3 Å². The molecule has 0 saturated carbocycles. The number of hydrogen-bond donors (Lipinski definition) is 0. The minimum Gasteiger partial charge on any atom is -0.356 e. The van der Waals surface area contributed by atoms with Crippen LogP contribution in [0.25, 0.3) is 0 Å². The number of rotatable bonds is 2. The topological polar surface area (TPSA) is 73.1 Å². The molecule has 0 N–H and O–H groups in total. The van der Waals surface area contributed by atoms with Crippen LogP contribution in [-0.4, -0.2) is 47.0 Å². The summed E-state index contributed by atoms with van der Waals surface area (Å²) in [6.07, 6.45) is 3.44. The van der Waals surface area contributed by atoms with E-state index >= 15 is 0 Å². The van der Waals surface area contributed by atoms with Gasteiger partial charge in [-0.25, -0.2) is 9.97 Å². The number of piperidine rings is 1. The number of nitriles is 1. The Morgan fingerprint density at radius 2 is 2.21 bits per heavy atom. The van der Waals surface area contributed by atoms with Crippen LogP contribution in [-0.2, 0) is 4.79 Å². The maximum atomic E-state index is 11.3. The highest BCUT2D eigenvalue weighted by Gasteiger charge is 2.24. The molecule has 1 aliphatic heterocycles. The molecule has 0 aliphatic carbocycles.